The lowest BCUT2D eigenvalue weighted by molar-refractivity contribution is 0.0696. The summed E-state index contributed by atoms with van der Waals surface area (Å²) >= 11 is 0. The van der Waals surface area contributed by atoms with Gasteiger partial charge in [-0.1, -0.05) is 0 Å². The number of rotatable bonds is 5. The van der Waals surface area contributed by atoms with Crippen LogP contribution in [0.2, 0.25) is 0 Å². The van der Waals surface area contributed by atoms with Crippen LogP contribution in [0, 0.1) is 0 Å². The number of furan rings is 1. The number of carbonyl (C=O) groups is 1. The minimum Gasteiger partial charge on any atom is -0.478 e. The topological polar surface area (TPSA) is 93.2 Å². The molecular formula is C14H12N4O3. The Hall–Kier alpha value is -3.09. The fourth-order valence-corrected chi connectivity index (χ4v) is 1.85. The van der Waals surface area contributed by atoms with Gasteiger partial charge in [0.25, 0.3) is 0 Å². The Bertz CT molecular complexity index is 732. The summed E-state index contributed by atoms with van der Waals surface area (Å²) in [6, 6.07) is 9.11. The SMILES string of the molecule is O=C(O)c1coc(CNc2ccc(-n3cncn3)cc2)c1. The molecule has 0 aliphatic carbocycles. The van der Waals surface area contributed by atoms with E-state index in [0.717, 1.165) is 11.4 Å². The molecule has 7 heteroatoms. The first-order valence-electron chi connectivity index (χ1n) is 6.22. The smallest absolute Gasteiger partial charge is 0.338 e. The number of nitrogens with one attached hydrogen (secondary N) is 1. The molecule has 106 valence electrons. The van der Waals surface area contributed by atoms with E-state index in [1.54, 1.807) is 11.0 Å². The molecule has 2 heterocycles. The molecule has 0 bridgehead atoms. The van der Waals surface area contributed by atoms with E-state index in [0.29, 0.717) is 12.3 Å². The second kappa shape index (κ2) is 5.49. The van der Waals surface area contributed by atoms with Crippen molar-refractivity contribution in [3.8, 4) is 5.69 Å². The van der Waals surface area contributed by atoms with Crippen molar-refractivity contribution in [1.29, 1.82) is 0 Å². The monoisotopic (exact) mass is 284 g/mol. The molecule has 7 nitrogen and oxygen atoms in total. The van der Waals surface area contributed by atoms with Gasteiger partial charge in [0.05, 0.1) is 17.8 Å². The van der Waals surface area contributed by atoms with E-state index in [2.05, 4.69) is 15.4 Å². The third-order valence-corrected chi connectivity index (χ3v) is 2.92. The molecule has 0 aliphatic rings. The molecule has 2 N–H and O–H groups in total. The first-order chi connectivity index (χ1) is 10.2. The van der Waals surface area contributed by atoms with Crippen molar-refractivity contribution in [3.05, 3.63) is 60.6 Å². The first kappa shape index (κ1) is 12.9. The molecule has 0 unspecified atom stereocenters. The molecule has 0 spiro atoms. The summed E-state index contributed by atoms with van der Waals surface area (Å²) in [7, 11) is 0. The van der Waals surface area contributed by atoms with Gasteiger partial charge in [-0.15, -0.1) is 0 Å². The Labute approximate surface area is 119 Å². The van der Waals surface area contributed by atoms with Gasteiger partial charge in [-0.05, 0) is 30.3 Å². The maximum absolute atomic E-state index is 10.7. The summed E-state index contributed by atoms with van der Waals surface area (Å²) in [4.78, 5) is 14.6. The van der Waals surface area contributed by atoms with Crippen molar-refractivity contribution in [1.82, 2.24) is 14.8 Å². The summed E-state index contributed by atoms with van der Waals surface area (Å²) in [5, 5.41) is 16.0. The minimum absolute atomic E-state index is 0.147. The summed E-state index contributed by atoms with van der Waals surface area (Å²) in [6.45, 7) is 0.413. The Morgan fingerprint density at radius 2 is 2.14 bits per heavy atom. The van der Waals surface area contributed by atoms with E-state index < -0.39 is 5.97 Å². The molecule has 2 aromatic heterocycles. The number of carboxylic acids is 1. The van der Waals surface area contributed by atoms with Crippen LogP contribution in [0.5, 0.6) is 0 Å². The van der Waals surface area contributed by atoms with Gasteiger partial charge in [-0.2, -0.15) is 5.10 Å². The standard InChI is InChI=1S/C14H12N4O3/c19-14(20)10-5-13(21-7-10)6-16-11-1-3-12(4-2-11)18-9-15-8-17-18/h1-5,7-9,16H,6H2,(H,19,20). The number of hydrogen-bond acceptors (Lipinski definition) is 5. The highest BCUT2D eigenvalue weighted by molar-refractivity contribution is 5.87. The van der Waals surface area contributed by atoms with Crippen LogP contribution in [-0.4, -0.2) is 25.8 Å². The van der Waals surface area contributed by atoms with Gasteiger partial charge in [0.15, 0.2) is 0 Å². The fraction of sp³-hybridized carbons (Fsp3) is 0.0714. The van der Waals surface area contributed by atoms with Gasteiger partial charge in [0, 0.05) is 5.69 Å². The number of nitrogens with zero attached hydrogens (tertiary/aromatic N) is 3. The second-order valence-electron chi connectivity index (χ2n) is 4.35. The number of carboxylic acid groups (broad SMARTS) is 1. The van der Waals surface area contributed by atoms with E-state index in [4.69, 9.17) is 9.52 Å². The van der Waals surface area contributed by atoms with Crippen LogP contribution in [0.25, 0.3) is 5.69 Å². The minimum atomic E-state index is -0.998. The quantitative estimate of drug-likeness (QED) is 0.745. The van der Waals surface area contributed by atoms with Crippen molar-refractivity contribution in [2.75, 3.05) is 5.32 Å². The molecule has 0 fully saturated rings. The van der Waals surface area contributed by atoms with Crippen LogP contribution in [-0.2, 0) is 6.54 Å². The molecule has 21 heavy (non-hydrogen) atoms. The van der Waals surface area contributed by atoms with Crippen LogP contribution in [0.15, 0.2) is 53.7 Å². The van der Waals surface area contributed by atoms with Crippen LogP contribution in [0.3, 0.4) is 0 Å². The highest BCUT2D eigenvalue weighted by Crippen LogP contribution is 2.14. The van der Waals surface area contributed by atoms with Crippen LogP contribution >= 0.6 is 0 Å². The van der Waals surface area contributed by atoms with Gasteiger partial charge in [-0.25, -0.2) is 14.5 Å². The first-order valence-corrected chi connectivity index (χ1v) is 6.22. The molecule has 0 radical (unpaired) electrons. The zero-order chi connectivity index (χ0) is 14.7. The lowest BCUT2D eigenvalue weighted by Crippen LogP contribution is -1.99. The zero-order valence-corrected chi connectivity index (χ0v) is 10.9. The molecule has 3 aromatic rings. The Balaban J connectivity index is 1.64. The maximum Gasteiger partial charge on any atom is 0.338 e. The molecule has 0 amide bonds. The lowest BCUT2D eigenvalue weighted by atomic mass is 10.2. The van der Waals surface area contributed by atoms with Crippen LogP contribution in [0.1, 0.15) is 16.1 Å². The molecule has 0 atom stereocenters. The van der Waals surface area contributed by atoms with Gasteiger partial charge in [0.1, 0.15) is 24.7 Å². The number of aromatic carboxylic acids is 1. The normalized spacial score (nSPS) is 10.5. The van der Waals surface area contributed by atoms with Gasteiger partial charge >= 0.3 is 5.97 Å². The van der Waals surface area contributed by atoms with Crippen LogP contribution in [0.4, 0.5) is 5.69 Å². The Kier molecular flexibility index (Phi) is 3.38. The summed E-state index contributed by atoms with van der Waals surface area (Å²) < 4.78 is 6.83. The molecular weight excluding hydrogens is 272 g/mol. The van der Waals surface area contributed by atoms with Crippen molar-refractivity contribution in [2.24, 2.45) is 0 Å². The Morgan fingerprint density at radius 3 is 2.76 bits per heavy atom. The predicted molar refractivity (Wildman–Crippen MR) is 74.4 cm³/mol. The molecule has 0 saturated heterocycles. The summed E-state index contributed by atoms with van der Waals surface area (Å²) in [5.41, 5.74) is 1.95. The predicted octanol–water partition coefficient (Wildman–Crippen LogP) is 2.17. The average Bonchev–Trinajstić information content (AvgIpc) is 3.17. The van der Waals surface area contributed by atoms with Crippen molar-refractivity contribution in [2.45, 2.75) is 6.54 Å². The molecule has 3 rings (SSSR count). The molecule has 0 aliphatic heterocycles. The third kappa shape index (κ3) is 2.92. The van der Waals surface area contributed by atoms with Crippen molar-refractivity contribution in [3.63, 3.8) is 0 Å². The summed E-state index contributed by atoms with van der Waals surface area (Å²) in [6.07, 6.45) is 4.33. The number of hydrogen-bond donors (Lipinski definition) is 2. The summed E-state index contributed by atoms with van der Waals surface area (Å²) in [5.74, 6) is -0.435. The highest BCUT2D eigenvalue weighted by Gasteiger charge is 2.07. The maximum atomic E-state index is 10.7. The molecule has 0 saturated carbocycles. The highest BCUT2D eigenvalue weighted by atomic mass is 16.4. The average molecular weight is 284 g/mol. The van der Waals surface area contributed by atoms with Gasteiger partial charge in [-0.3, -0.25) is 0 Å². The van der Waals surface area contributed by atoms with E-state index in [1.165, 1.54) is 18.7 Å². The Morgan fingerprint density at radius 1 is 1.33 bits per heavy atom. The zero-order valence-electron chi connectivity index (χ0n) is 10.9. The van der Waals surface area contributed by atoms with E-state index in [9.17, 15) is 4.79 Å². The van der Waals surface area contributed by atoms with Crippen molar-refractivity contribution < 1.29 is 14.3 Å². The van der Waals surface area contributed by atoms with Gasteiger partial charge in [0.2, 0.25) is 0 Å². The van der Waals surface area contributed by atoms with Crippen LogP contribution < -0.4 is 5.32 Å². The number of anilines is 1. The van der Waals surface area contributed by atoms with Gasteiger partial charge < -0.3 is 14.8 Å². The number of benzene rings is 1. The third-order valence-electron chi connectivity index (χ3n) is 2.92. The number of aromatic nitrogens is 3. The lowest BCUT2D eigenvalue weighted by Gasteiger charge is -2.05. The van der Waals surface area contributed by atoms with Crippen molar-refractivity contribution >= 4 is 11.7 Å². The molecule has 1 aromatic carbocycles. The second-order valence-corrected chi connectivity index (χ2v) is 4.35. The van der Waals surface area contributed by atoms with E-state index in [-0.39, 0.29) is 5.56 Å². The van der Waals surface area contributed by atoms with E-state index >= 15 is 0 Å². The van der Waals surface area contributed by atoms with E-state index in [1.807, 2.05) is 24.3 Å². The fourth-order valence-electron chi connectivity index (χ4n) is 1.85. The largest absolute Gasteiger partial charge is 0.478 e.